The van der Waals surface area contributed by atoms with Crippen molar-refractivity contribution in [2.45, 2.75) is 123 Å². The summed E-state index contributed by atoms with van der Waals surface area (Å²) in [7, 11) is 7.62. The second kappa shape index (κ2) is 19.6. The molecule has 9 aromatic carbocycles. The number of carbonyl (C=O) groups is 12. The van der Waals surface area contributed by atoms with Crippen LogP contribution in [0, 0.1) is 32.5 Å². The van der Waals surface area contributed by atoms with Gasteiger partial charge in [0.1, 0.15) is 19.8 Å². The third-order valence-corrected chi connectivity index (χ3v) is 45.8. The zero-order chi connectivity index (χ0) is 94.0. The first-order valence-electron chi connectivity index (χ1n) is 48.9. The molecule has 141 heavy (non-hydrogen) atoms. The molecule has 0 N–H and O–H groups in total. The highest BCUT2D eigenvalue weighted by Crippen LogP contribution is 3.17. The van der Waals surface area contributed by atoms with Gasteiger partial charge in [-0.2, -0.15) is 0 Å². The van der Waals surface area contributed by atoms with Crippen molar-refractivity contribution in [1.82, 2.24) is 0 Å². The van der Waals surface area contributed by atoms with Gasteiger partial charge in [-0.25, -0.2) is 0 Å². The van der Waals surface area contributed by atoms with Crippen LogP contribution in [-0.2, 0) is 213 Å². The Kier molecular flexibility index (Phi) is 10.4. The molecule has 27 nitrogen and oxygen atoms in total. The third kappa shape index (κ3) is 4.66. The summed E-state index contributed by atoms with van der Waals surface area (Å²) in [5, 5.41) is 1.55. The summed E-state index contributed by atoms with van der Waals surface area (Å²) in [5.74, 6) is -12.0. The fourth-order valence-electron chi connectivity index (χ4n) is 43.9. The molecular weight excluding hydrogens is 2000 g/mol. The molecule has 45 rings (SSSR count). The molecule has 6 saturated carbocycles. The molecule has 12 spiro atoms. The average Bonchev–Trinajstić information content (AvgIpc) is 1.30. The lowest BCUT2D eigenvalue weighted by atomic mass is 9.63. The van der Waals surface area contributed by atoms with Crippen LogP contribution in [0.5, 0.6) is 0 Å². The molecule has 30 aliphatic carbocycles. The van der Waals surface area contributed by atoms with Gasteiger partial charge >= 0.3 is 71.6 Å². The van der Waals surface area contributed by atoms with Gasteiger partial charge in [0.15, 0.2) is 32.5 Å². The van der Waals surface area contributed by atoms with Crippen LogP contribution >= 0.6 is 47.8 Å². The van der Waals surface area contributed by atoms with Crippen molar-refractivity contribution in [2.75, 3.05) is 118 Å². The summed E-state index contributed by atoms with van der Waals surface area (Å²) in [6.07, 6.45) is 2.49. The fraction of sp³-hybridized carbons (Fsp3) is 0.405. The SMILES string of the molecule is COC(=O)C1(C(=O)OCCCCBr)C23c4c5c6c7c8c4-c4c2c2c9c%10c4C4%11c%12c%13c%14c%15c(c%12-%10)C%10%12c%16c%17c%18c%19c(c%16-%15)C%15%16c%20c%21c%22c%23c(c%20-%19)C%19%20c%24c-%23c%23c-5c5c%24-c%24c(c-2c2c-%17c%24C%18%19C%20(C(=O)OC)C(=O)OCCOCc%17cc(cc(c%17)COCCOC(=O)C%15(C(=O)OC)C%14%16c%14c-%13c(c-7c(c%14-%21)C%227C(C(=O)OC)(C(=O)OCCCCBr)C6%237)C84C%11(C(=O)OC)C(=O)OCCCCBr)COCCOC(=O)C%10(C(=O)OC)C92%12)C513. The number of hydrogen-bond acceptors (Lipinski definition) is 27. The number of carbonyl (C=O) groups excluding carboxylic acids is 12. The van der Waals surface area contributed by atoms with E-state index in [-0.39, 0.29) is 59.5 Å². The monoisotopic (exact) mass is 2060 g/mol. The number of ether oxygens (including phenoxy) is 15. The molecule has 30 heteroatoms. The first-order chi connectivity index (χ1) is 68.8. The maximum Gasteiger partial charge on any atom is 0.326 e. The predicted molar refractivity (Wildman–Crippen MR) is 486 cm³/mol. The van der Waals surface area contributed by atoms with Gasteiger partial charge in [0.05, 0.1) is 167 Å². The van der Waals surface area contributed by atoms with Crippen molar-refractivity contribution < 1.29 is 129 Å². The number of esters is 12. The molecular formula is C111H63Br3O27. The van der Waals surface area contributed by atoms with E-state index in [1.165, 1.54) is 42.7 Å². The van der Waals surface area contributed by atoms with Gasteiger partial charge < -0.3 is 71.1 Å². The molecule has 0 saturated heterocycles. The molecule has 6 fully saturated rings. The minimum absolute atomic E-state index is 0.0564. The Morgan fingerprint density at radius 3 is 0.553 bits per heavy atom. The van der Waals surface area contributed by atoms with Gasteiger partial charge in [-0.05, 0) is 322 Å². The molecule has 0 amide bonds. The van der Waals surface area contributed by atoms with Gasteiger partial charge in [-0.3, -0.25) is 57.5 Å². The number of benzene rings is 9. The highest BCUT2D eigenvalue weighted by atomic mass is 79.9. The van der Waals surface area contributed by atoms with Crippen molar-refractivity contribution >= 4 is 119 Å². The van der Waals surface area contributed by atoms with Crippen LogP contribution in [0.25, 0.3) is 134 Å². The first kappa shape index (κ1) is 74.8. The van der Waals surface area contributed by atoms with E-state index in [2.05, 4.69) is 47.8 Å². The van der Waals surface area contributed by atoms with Crippen LogP contribution < -0.4 is 0 Å². The van der Waals surface area contributed by atoms with Crippen molar-refractivity contribution in [2.24, 2.45) is 32.5 Å². The van der Waals surface area contributed by atoms with Crippen LogP contribution in [0.2, 0.25) is 0 Å². The van der Waals surface area contributed by atoms with Crippen LogP contribution in [0.1, 0.15) is 189 Å². The van der Waals surface area contributed by atoms with Gasteiger partial charge in [0.2, 0.25) is 0 Å². The van der Waals surface area contributed by atoms with E-state index >= 15 is 57.5 Å². The number of unbranched alkanes of at least 4 members (excludes halogenated alkanes) is 3. The van der Waals surface area contributed by atoms with E-state index in [1.807, 2.05) is 18.2 Å². The van der Waals surface area contributed by atoms with E-state index in [0.29, 0.717) is 338 Å². The van der Waals surface area contributed by atoms with E-state index in [4.69, 9.17) is 71.1 Å². The van der Waals surface area contributed by atoms with Gasteiger partial charge in [-0.1, -0.05) is 66.0 Å². The second-order valence-corrected chi connectivity index (χ2v) is 47.1. The van der Waals surface area contributed by atoms with E-state index in [9.17, 15) is 0 Å². The molecule has 9 aromatic rings. The molecule has 18 atom stereocenters. The number of alkyl halides is 3. The Morgan fingerprint density at radius 1 is 0.234 bits per heavy atom. The lowest BCUT2D eigenvalue weighted by Crippen LogP contribution is -2.40. The highest BCUT2D eigenvalue weighted by molar-refractivity contribution is 9.09. The molecule has 6 aliphatic heterocycles. The number of methoxy groups -OCH3 is 6. The Labute approximate surface area is 818 Å². The van der Waals surface area contributed by atoms with Crippen molar-refractivity contribution in [3.8, 4) is 134 Å². The van der Waals surface area contributed by atoms with Gasteiger partial charge in [-0.15, -0.1) is 0 Å². The molecule has 27 bridgehead atoms. The van der Waals surface area contributed by atoms with Crippen molar-refractivity contribution in [3.63, 3.8) is 0 Å². The normalized spacial score (nSPS) is 37.4. The predicted octanol–water partition coefficient (Wildman–Crippen LogP) is 10.6. The Bertz CT molecular complexity index is 6990. The van der Waals surface area contributed by atoms with Gasteiger partial charge in [0, 0.05) is 16.0 Å². The molecule has 18 unspecified atom stereocenters. The standard InChI is InChI=1S/C111H63Br3O27/c1-127-82(115)106(88(121)136-16-10-7-13-112)94-58-34-37-61(94)40-46-67-49-43-64(97(67,94)106)38-35(58)60-36-39-63-42-48-68-50-44(65(37)98(68)96(63,59(34)36)108(98,84(117)129-3)90(123)138-18-12-9-15-114)70(40)100-73(46)52-55-79-56-53-74-47-41-62(38)95(60)99(107(95,83(116)128-2)89(122)137-17-11-8-14-113)66(39)45-51(69(47)99)78(53)105-81(56)57-54-75(48)102(105,72(42)45)111(105,87(120)132-6)93(126)141-24-21-135-30-33-26-31(28-133-19-22-139-91(124)109(100,85(118)130-4)104(100,77(50)54)80(55)57)25-32(27-33)29-134-20-23-140-92(125)110(86(119)131-5)101(74,71(41)43)103(79,110)76(49)52/h25-27H,7-24,28-30H2,1-6H3. The topological polar surface area (TPSA) is 343 Å². The summed E-state index contributed by atoms with van der Waals surface area (Å²) in [6.45, 7) is -2.86. The van der Waals surface area contributed by atoms with E-state index < -0.39 is 189 Å². The third-order valence-electron chi connectivity index (χ3n) is 44.1. The smallest absolute Gasteiger partial charge is 0.326 e. The van der Waals surface area contributed by atoms with Crippen LogP contribution in [0.4, 0.5) is 0 Å². The second-order valence-electron chi connectivity index (χ2n) is 44.8. The molecule has 0 radical (unpaired) electrons. The van der Waals surface area contributed by atoms with Crippen molar-refractivity contribution in [1.29, 1.82) is 0 Å². The van der Waals surface area contributed by atoms with E-state index in [1.54, 1.807) is 0 Å². The maximum atomic E-state index is 19.0. The Balaban J connectivity index is 0.826. The average molecular weight is 2070 g/mol. The first-order valence-corrected chi connectivity index (χ1v) is 52.3. The fourth-order valence-corrected chi connectivity index (χ4v) is 45.1. The number of rotatable bonds is 21. The van der Waals surface area contributed by atoms with Gasteiger partial charge in [0.25, 0.3) is 0 Å². The minimum Gasteiger partial charge on any atom is -0.468 e. The molecule has 690 valence electrons. The summed E-state index contributed by atoms with van der Waals surface area (Å²) < 4.78 is 104. The Hall–Kier alpha value is -12.1. The van der Waals surface area contributed by atoms with Crippen LogP contribution in [0.3, 0.4) is 0 Å². The lowest BCUT2D eigenvalue weighted by Gasteiger charge is -2.37. The van der Waals surface area contributed by atoms with Crippen LogP contribution in [0.15, 0.2) is 18.2 Å². The van der Waals surface area contributed by atoms with E-state index in [0.717, 1.165) is 0 Å². The zero-order valence-electron chi connectivity index (χ0n) is 75.2. The highest BCUT2D eigenvalue weighted by Gasteiger charge is 3.19. The maximum absolute atomic E-state index is 19.0. The quantitative estimate of drug-likeness (QED) is 0.0212. The summed E-state index contributed by atoms with van der Waals surface area (Å²) in [4.78, 5) is 225. The summed E-state index contributed by atoms with van der Waals surface area (Å²) in [6, 6.07) is 5.67. The molecule has 6 heterocycles. The van der Waals surface area contributed by atoms with Crippen LogP contribution in [-0.4, -0.2) is 190 Å². The Morgan fingerprint density at radius 2 is 0.397 bits per heavy atom. The number of halogens is 3. The molecule has 0 aromatic heterocycles. The summed E-state index contributed by atoms with van der Waals surface area (Å²) in [5.41, 5.74) is -20.9. The number of hydrogen-bond donors (Lipinski definition) is 0. The largest absolute Gasteiger partial charge is 0.468 e. The van der Waals surface area contributed by atoms with Crippen molar-refractivity contribution in [3.05, 3.63) is 168 Å². The summed E-state index contributed by atoms with van der Waals surface area (Å²) >= 11 is 11.0. The zero-order valence-corrected chi connectivity index (χ0v) is 80.0. The lowest BCUT2D eigenvalue weighted by molar-refractivity contribution is -0.167. The minimum atomic E-state index is -2.71. The molecule has 36 aliphatic rings.